The summed E-state index contributed by atoms with van der Waals surface area (Å²) in [4.78, 5) is 28.5. The number of hydrogen-bond acceptors (Lipinski definition) is 3. The number of nitrogens with zero attached hydrogens (tertiary/aromatic N) is 3. The van der Waals surface area contributed by atoms with Gasteiger partial charge in [-0.3, -0.25) is 9.69 Å². The van der Waals surface area contributed by atoms with Crippen molar-refractivity contribution in [2.75, 3.05) is 45.8 Å². The molecule has 0 atom stereocenters. The van der Waals surface area contributed by atoms with E-state index in [0.29, 0.717) is 32.7 Å². The second-order valence-corrected chi connectivity index (χ2v) is 5.20. The maximum Gasteiger partial charge on any atom is 0.320 e. The molecule has 0 unspecified atom stereocenters. The molecule has 0 saturated carbocycles. The van der Waals surface area contributed by atoms with E-state index in [4.69, 9.17) is 5.11 Å². The van der Waals surface area contributed by atoms with Gasteiger partial charge in [-0.15, -0.1) is 0 Å². The van der Waals surface area contributed by atoms with E-state index in [2.05, 4.69) is 6.08 Å². The van der Waals surface area contributed by atoms with Crippen LogP contribution in [0.15, 0.2) is 11.6 Å². The minimum atomic E-state index is -0.809. The quantitative estimate of drug-likeness (QED) is 0.738. The number of carboxylic acids is 1. The van der Waals surface area contributed by atoms with Crippen LogP contribution in [0.1, 0.15) is 13.3 Å². The molecule has 106 valence electrons. The first-order valence-electron chi connectivity index (χ1n) is 6.70. The SMILES string of the molecule is CC1=CCCN(C(=O)N2CCN(CC(=O)O)CC2)C1. The first-order valence-corrected chi connectivity index (χ1v) is 6.70. The summed E-state index contributed by atoms with van der Waals surface area (Å²) in [6, 6.07) is 0.0856. The second kappa shape index (κ2) is 6.06. The van der Waals surface area contributed by atoms with Gasteiger partial charge in [0.15, 0.2) is 0 Å². The molecule has 2 aliphatic rings. The Balaban J connectivity index is 1.82. The van der Waals surface area contributed by atoms with E-state index in [0.717, 1.165) is 13.0 Å². The maximum absolute atomic E-state index is 12.3. The van der Waals surface area contributed by atoms with Gasteiger partial charge in [0.1, 0.15) is 0 Å². The highest BCUT2D eigenvalue weighted by Crippen LogP contribution is 2.12. The summed E-state index contributed by atoms with van der Waals surface area (Å²) in [5.74, 6) is -0.809. The van der Waals surface area contributed by atoms with E-state index in [1.165, 1.54) is 5.57 Å². The Morgan fingerprint density at radius 3 is 2.42 bits per heavy atom. The molecule has 0 aliphatic carbocycles. The van der Waals surface area contributed by atoms with Crippen molar-refractivity contribution in [3.8, 4) is 0 Å². The summed E-state index contributed by atoms with van der Waals surface area (Å²) in [7, 11) is 0. The van der Waals surface area contributed by atoms with Gasteiger partial charge in [-0.05, 0) is 13.3 Å². The van der Waals surface area contributed by atoms with E-state index in [1.807, 2.05) is 21.6 Å². The Bertz CT molecular complexity index is 387. The van der Waals surface area contributed by atoms with Crippen LogP contribution >= 0.6 is 0 Å². The van der Waals surface area contributed by atoms with E-state index in [1.54, 1.807) is 0 Å². The fourth-order valence-electron chi connectivity index (χ4n) is 2.56. The summed E-state index contributed by atoms with van der Waals surface area (Å²) in [6.45, 7) is 6.12. The molecule has 0 aromatic rings. The van der Waals surface area contributed by atoms with Gasteiger partial charge in [-0.2, -0.15) is 0 Å². The number of rotatable bonds is 2. The van der Waals surface area contributed by atoms with Crippen LogP contribution < -0.4 is 0 Å². The van der Waals surface area contributed by atoms with Crippen molar-refractivity contribution in [1.82, 2.24) is 14.7 Å². The van der Waals surface area contributed by atoms with Gasteiger partial charge in [0, 0.05) is 39.3 Å². The van der Waals surface area contributed by atoms with Crippen LogP contribution in [0.3, 0.4) is 0 Å². The van der Waals surface area contributed by atoms with E-state index >= 15 is 0 Å². The van der Waals surface area contributed by atoms with Crippen LogP contribution in [-0.2, 0) is 4.79 Å². The molecule has 1 fully saturated rings. The van der Waals surface area contributed by atoms with Gasteiger partial charge in [0.05, 0.1) is 6.54 Å². The zero-order valence-corrected chi connectivity index (χ0v) is 11.3. The largest absolute Gasteiger partial charge is 0.480 e. The maximum atomic E-state index is 12.3. The number of hydrogen-bond donors (Lipinski definition) is 1. The molecular formula is C13H21N3O3. The lowest BCUT2D eigenvalue weighted by Gasteiger charge is -2.37. The molecule has 0 bridgehead atoms. The second-order valence-electron chi connectivity index (χ2n) is 5.20. The fourth-order valence-corrected chi connectivity index (χ4v) is 2.56. The van der Waals surface area contributed by atoms with Gasteiger partial charge in [0.2, 0.25) is 0 Å². The molecule has 19 heavy (non-hydrogen) atoms. The predicted molar refractivity (Wildman–Crippen MR) is 71.0 cm³/mol. The molecule has 6 heteroatoms. The van der Waals surface area contributed by atoms with Gasteiger partial charge in [-0.1, -0.05) is 11.6 Å². The molecule has 2 rings (SSSR count). The number of carbonyl (C=O) groups excluding carboxylic acids is 1. The zero-order chi connectivity index (χ0) is 13.8. The lowest BCUT2D eigenvalue weighted by Crippen LogP contribution is -2.54. The standard InChI is InChI=1S/C13H21N3O3/c1-11-3-2-4-16(9-11)13(19)15-7-5-14(6-8-15)10-12(17)18/h3H,2,4-10H2,1H3,(H,17,18). The van der Waals surface area contributed by atoms with E-state index < -0.39 is 5.97 Å². The number of aliphatic carboxylic acids is 1. The Labute approximate surface area is 113 Å². The highest BCUT2D eigenvalue weighted by Gasteiger charge is 2.26. The van der Waals surface area contributed by atoms with Crippen molar-refractivity contribution in [1.29, 1.82) is 0 Å². The van der Waals surface area contributed by atoms with E-state index in [-0.39, 0.29) is 12.6 Å². The van der Waals surface area contributed by atoms with Gasteiger partial charge in [0.25, 0.3) is 0 Å². The molecule has 1 saturated heterocycles. The number of amides is 2. The molecule has 0 radical (unpaired) electrons. The highest BCUT2D eigenvalue weighted by atomic mass is 16.4. The predicted octanol–water partition coefficient (Wildman–Crippen LogP) is 0.461. The topological polar surface area (TPSA) is 64.1 Å². The summed E-state index contributed by atoms with van der Waals surface area (Å²) in [6.07, 6.45) is 3.10. The average molecular weight is 267 g/mol. The summed E-state index contributed by atoms with van der Waals surface area (Å²) in [5, 5.41) is 8.74. The molecule has 2 amide bonds. The summed E-state index contributed by atoms with van der Waals surface area (Å²) < 4.78 is 0. The lowest BCUT2D eigenvalue weighted by atomic mass is 10.1. The van der Waals surface area contributed by atoms with Crippen LogP contribution in [0.2, 0.25) is 0 Å². The molecule has 1 N–H and O–H groups in total. The zero-order valence-electron chi connectivity index (χ0n) is 11.3. The number of piperazine rings is 1. The van der Waals surface area contributed by atoms with Crippen molar-refractivity contribution in [2.24, 2.45) is 0 Å². The summed E-state index contributed by atoms with van der Waals surface area (Å²) in [5.41, 5.74) is 1.24. The van der Waals surface area contributed by atoms with Crippen molar-refractivity contribution >= 4 is 12.0 Å². The molecule has 2 heterocycles. The fraction of sp³-hybridized carbons (Fsp3) is 0.692. The third kappa shape index (κ3) is 3.70. The minimum absolute atomic E-state index is 0.0631. The Morgan fingerprint density at radius 1 is 1.16 bits per heavy atom. The van der Waals surface area contributed by atoms with Crippen LogP contribution in [-0.4, -0.2) is 77.6 Å². The van der Waals surface area contributed by atoms with Crippen molar-refractivity contribution < 1.29 is 14.7 Å². The van der Waals surface area contributed by atoms with Gasteiger partial charge >= 0.3 is 12.0 Å². The van der Waals surface area contributed by atoms with Crippen molar-refractivity contribution in [3.63, 3.8) is 0 Å². The van der Waals surface area contributed by atoms with Crippen molar-refractivity contribution in [2.45, 2.75) is 13.3 Å². The highest BCUT2D eigenvalue weighted by molar-refractivity contribution is 5.75. The first kappa shape index (κ1) is 13.9. The van der Waals surface area contributed by atoms with Crippen LogP contribution in [0, 0.1) is 0 Å². The van der Waals surface area contributed by atoms with Crippen molar-refractivity contribution in [3.05, 3.63) is 11.6 Å². The molecule has 2 aliphatic heterocycles. The molecule has 0 spiro atoms. The normalized spacial score (nSPS) is 21.2. The third-order valence-corrected chi connectivity index (χ3v) is 3.60. The molecule has 6 nitrogen and oxygen atoms in total. The Hall–Kier alpha value is -1.56. The van der Waals surface area contributed by atoms with Gasteiger partial charge < -0.3 is 14.9 Å². The monoisotopic (exact) mass is 267 g/mol. The lowest BCUT2D eigenvalue weighted by molar-refractivity contribution is -0.138. The van der Waals surface area contributed by atoms with Crippen LogP contribution in [0.4, 0.5) is 4.79 Å². The van der Waals surface area contributed by atoms with Gasteiger partial charge in [-0.25, -0.2) is 4.79 Å². The number of urea groups is 1. The van der Waals surface area contributed by atoms with Crippen LogP contribution in [0.25, 0.3) is 0 Å². The number of carbonyl (C=O) groups is 2. The van der Waals surface area contributed by atoms with E-state index in [9.17, 15) is 9.59 Å². The molecule has 0 aromatic carbocycles. The average Bonchev–Trinajstić information content (AvgIpc) is 2.38. The molecule has 0 aromatic heterocycles. The summed E-state index contributed by atoms with van der Waals surface area (Å²) >= 11 is 0. The Kier molecular flexibility index (Phi) is 4.42. The first-order chi connectivity index (χ1) is 9.06. The third-order valence-electron chi connectivity index (χ3n) is 3.60. The molecular weight excluding hydrogens is 246 g/mol. The minimum Gasteiger partial charge on any atom is -0.480 e. The smallest absolute Gasteiger partial charge is 0.320 e. The Morgan fingerprint density at radius 2 is 1.84 bits per heavy atom. The van der Waals surface area contributed by atoms with Crippen LogP contribution in [0.5, 0.6) is 0 Å². The number of carboxylic acid groups (broad SMARTS) is 1.